The minimum atomic E-state index is 0.390. The Morgan fingerprint density at radius 1 is 1.50 bits per heavy atom. The Kier molecular flexibility index (Phi) is 12.6. The Morgan fingerprint density at radius 2 is 1.80 bits per heavy atom. The smallest absolute Gasteiger partial charge is 0.0562 e. The highest BCUT2D eigenvalue weighted by Gasteiger charge is 1.84. The van der Waals surface area contributed by atoms with Crippen LogP contribution in [-0.2, 0) is 4.52 Å². The highest BCUT2D eigenvalue weighted by atomic mass is 32.0. The lowest BCUT2D eigenvalue weighted by Crippen LogP contribution is -1.89. The molecule has 0 aliphatic carbocycles. The molecular weight excluding hydrogens is 162 g/mol. The van der Waals surface area contributed by atoms with E-state index in [0.29, 0.717) is 14.6 Å². The molecule has 0 heterocycles. The first-order valence-electron chi connectivity index (χ1n) is 3.24. The maximum absolute atomic E-state index is 5.03. The van der Waals surface area contributed by atoms with E-state index in [9.17, 15) is 0 Å². The molecule has 0 aliphatic heterocycles. The SMILES string of the molecule is C=C(C)C.CC(C)OPP. The summed E-state index contributed by atoms with van der Waals surface area (Å²) >= 11 is 0. The van der Waals surface area contributed by atoms with Crippen molar-refractivity contribution in [2.24, 2.45) is 0 Å². The molecule has 0 spiro atoms. The van der Waals surface area contributed by atoms with Crippen LogP contribution in [0.4, 0.5) is 0 Å². The van der Waals surface area contributed by atoms with E-state index in [0.717, 1.165) is 0 Å². The molecule has 0 saturated heterocycles. The molecule has 0 rings (SSSR count). The van der Waals surface area contributed by atoms with E-state index >= 15 is 0 Å². The topological polar surface area (TPSA) is 9.23 Å². The molecule has 0 aromatic carbocycles. The summed E-state index contributed by atoms with van der Waals surface area (Å²) in [5.74, 6) is 0. The minimum absolute atomic E-state index is 0.390. The van der Waals surface area contributed by atoms with E-state index in [1.807, 2.05) is 27.7 Å². The third-order valence-corrected chi connectivity index (χ3v) is 1.32. The van der Waals surface area contributed by atoms with Gasteiger partial charge in [0.2, 0.25) is 0 Å². The van der Waals surface area contributed by atoms with Crippen molar-refractivity contribution in [1.29, 1.82) is 0 Å². The third kappa shape index (κ3) is 38.6. The van der Waals surface area contributed by atoms with Crippen LogP contribution >= 0.6 is 17.4 Å². The highest BCUT2D eigenvalue weighted by Crippen LogP contribution is 2.22. The minimum Gasteiger partial charge on any atom is -0.356 e. The first kappa shape index (κ1) is 13.2. The van der Waals surface area contributed by atoms with E-state index in [2.05, 4.69) is 15.5 Å². The molecule has 0 saturated carbocycles. The quantitative estimate of drug-likeness (QED) is 0.467. The molecule has 0 N–H and O–H groups in total. The van der Waals surface area contributed by atoms with Gasteiger partial charge in [-0.05, 0) is 27.7 Å². The number of hydrogen-bond donors (Lipinski definition) is 0. The van der Waals surface area contributed by atoms with Crippen molar-refractivity contribution in [1.82, 2.24) is 0 Å². The second-order valence-corrected chi connectivity index (χ2v) is 3.67. The lowest BCUT2D eigenvalue weighted by atomic mass is 10.4. The summed E-state index contributed by atoms with van der Waals surface area (Å²) in [5.41, 5.74) is 1.17. The van der Waals surface area contributed by atoms with Gasteiger partial charge in [-0.3, -0.25) is 0 Å². The fraction of sp³-hybridized carbons (Fsp3) is 0.714. The third-order valence-electron chi connectivity index (χ3n) is 0.304. The zero-order valence-electron chi connectivity index (χ0n) is 7.27. The van der Waals surface area contributed by atoms with Crippen LogP contribution in [0, 0.1) is 0 Å². The van der Waals surface area contributed by atoms with Crippen molar-refractivity contribution < 1.29 is 4.52 Å². The molecule has 2 unspecified atom stereocenters. The molecule has 2 atom stereocenters. The molecule has 0 aromatic heterocycles. The maximum atomic E-state index is 5.03. The van der Waals surface area contributed by atoms with Crippen molar-refractivity contribution >= 4 is 17.4 Å². The summed E-state index contributed by atoms with van der Waals surface area (Å²) in [6, 6.07) is 0. The van der Waals surface area contributed by atoms with Gasteiger partial charge >= 0.3 is 0 Å². The van der Waals surface area contributed by atoms with Crippen molar-refractivity contribution in [2.45, 2.75) is 33.8 Å². The fourth-order valence-electron chi connectivity index (χ4n) is 0.136. The van der Waals surface area contributed by atoms with Crippen LogP contribution in [0.5, 0.6) is 0 Å². The van der Waals surface area contributed by atoms with E-state index < -0.39 is 0 Å². The standard InChI is InChI=1S/C4H8.C3H10OP2/c1-4(2)3;1-3(2)4-6-5/h1H2,2-3H3;3,6H,5H2,1-2H3. The second-order valence-electron chi connectivity index (χ2n) is 2.49. The summed E-state index contributed by atoms with van der Waals surface area (Å²) in [6.07, 6.45) is 0.390. The molecule has 62 valence electrons. The Bertz CT molecular complexity index is 77.7. The number of rotatable bonds is 2. The van der Waals surface area contributed by atoms with Crippen molar-refractivity contribution in [3.05, 3.63) is 12.2 Å². The molecule has 0 aromatic rings. The summed E-state index contributed by atoms with van der Waals surface area (Å²) in [5, 5.41) is 0. The zero-order chi connectivity index (χ0) is 8.57. The second kappa shape index (κ2) is 9.56. The van der Waals surface area contributed by atoms with Crippen LogP contribution in [0.1, 0.15) is 27.7 Å². The van der Waals surface area contributed by atoms with E-state index in [1.54, 1.807) is 0 Å². The number of allylic oxidation sites excluding steroid dienone is 1. The van der Waals surface area contributed by atoms with Gasteiger partial charge in [0.15, 0.2) is 0 Å². The summed E-state index contributed by atoms with van der Waals surface area (Å²) in [6.45, 7) is 11.5. The predicted octanol–water partition coefficient (Wildman–Crippen LogP) is 3.38. The van der Waals surface area contributed by atoms with Crippen LogP contribution in [0.15, 0.2) is 12.2 Å². The van der Waals surface area contributed by atoms with Gasteiger partial charge in [0, 0.05) is 8.50 Å². The van der Waals surface area contributed by atoms with Crippen LogP contribution in [0.2, 0.25) is 0 Å². The van der Waals surface area contributed by atoms with Gasteiger partial charge in [0.05, 0.1) is 6.10 Å². The van der Waals surface area contributed by atoms with E-state index in [1.165, 1.54) is 5.57 Å². The average molecular weight is 180 g/mol. The van der Waals surface area contributed by atoms with E-state index in [4.69, 9.17) is 4.52 Å². The summed E-state index contributed by atoms with van der Waals surface area (Å²) in [7, 11) is 3.08. The van der Waals surface area contributed by atoms with Crippen LogP contribution in [0.25, 0.3) is 0 Å². The van der Waals surface area contributed by atoms with Gasteiger partial charge in [-0.15, -0.1) is 6.58 Å². The normalized spacial score (nSPS) is 9.80. The van der Waals surface area contributed by atoms with Gasteiger partial charge in [0.25, 0.3) is 0 Å². The summed E-state index contributed by atoms with van der Waals surface area (Å²) < 4.78 is 5.03. The molecular formula is C7H18OP2. The van der Waals surface area contributed by atoms with Crippen LogP contribution in [-0.4, -0.2) is 6.10 Å². The van der Waals surface area contributed by atoms with Gasteiger partial charge in [0.1, 0.15) is 0 Å². The maximum Gasteiger partial charge on any atom is 0.0562 e. The predicted molar refractivity (Wildman–Crippen MR) is 54.7 cm³/mol. The molecule has 0 aliphatic rings. The molecule has 0 bridgehead atoms. The monoisotopic (exact) mass is 180 g/mol. The first-order chi connectivity index (χ1) is 4.50. The fourth-order valence-corrected chi connectivity index (χ4v) is 1.22. The molecule has 0 amide bonds. The Labute approximate surface area is 68.6 Å². The Hall–Kier alpha value is 0.560. The van der Waals surface area contributed by atoms with Crippen LogP contribution < -0.4 is 0 Å². The van der Waals surface area contributed by atoms with Crippen molar-refractivity contribution in [3.8, 4) is 0 Å². The molecule has 1 nitrogen and oxygen atoms in total. The summed E-state index contributed by atoms with van der Waals surface area (Å²) in [4.78, 5) is 0. The van der Waals surface area contributed by atoms with Gasteiger partial charge in [-0.2, -0.15) is 0 Å². The molecule has 0 radical (unpaired) electrons. The first-order valence-corrected chi connectivity index (χ1v) is 5.95. The largest absolute Gasteiger partial charge is 0.356 e. The Balaban J connectivity index is 0. The lowest BCUT2D eigenvalue weighted by Gasteiger charge is -1.99. The zero-order valence-corrected chi connectivity index (χ0v) is 9.42. The van der Waals surface area contributed by atoms with Crippen molar-refractivity contribution in [2.75, 3.05) is 0 Å². The van der Waals surface area contributed by atoms with Crippen molar-refractivity contribution in [3.63, 3.8) is 0 Å². The molecule has 3 heteroatoms. The van der Waals surface area contributed by atoms with E-state index in [-0.39, 0.29) is 0 Å². The van der Waals surface area contributed by atoms with Gasteiger partial charge in [-0.25, -0.2) is 0 Å². The van der Waals surface area contributed by atoms with Crippen LogP contribution in [0.3, 0.4) is 0 Å². The Morgan fingerprint density at radius 3 is 1.80 bits per heavy atom. The molecule has 0 fully saturated rings. The van der Waals surface area contributed by atoms with Gasteiger partial charge in [-0.1, -0.05) is 14.5 Å². The highest BCUT2D eigenvalue weighted by molar-refractivity contribution is 8.00. The lowest BCUT2D eigenvalue weighted by molar-refractivity contribution is 0.285. The average Bonchev–Trinajstić information content (AvgIpc) is 1.62. The number of hydrogen-bond acceptors (Lipinski definition) is 1. The van der Waals surface area contributed by atoms with Gasteiger partial charge < -0.3 is 4.52 Å². The molecule has 10 heavy (non-hydrogen) atoms.